The van der Waals surface area contributed by atoms with E-state index in [1.54, 1.807) is 51.1 Å². The van der Waals surface area contributed by atoms with Crippen molar-refractivity contribution in [3.63, 3.8) is 0 Å². The number of halogens is 12. The molecule has 89 heavy (non-hydrogen) atoms. The fourth-order valence-corrected chi connectivity index (χ4v) is 7.30. The summed E-state index contributed by atoms with van der Waals surface area (Å²) in [5.41, 5.74) is 15.2. The monoisotopic (exact) mass is 1230 g/mol. The van der Waals surface area contributed by atoms with Crippen molar-refractivity contribution in [1.29, 1.82) is 5.26 Å². The predicted molar refractivity (Wildman–Crippen MR) is 340 cm³/mol. The molecule has 10 rings (SSSR count). The van der Waals surface area contributed by atoms with Gasteiger partial charge in [-0.25, -0.2) is 52.7 Å². The van der Waals surface area contributed by atoms with Crippen molar-refractivity contribution in [2.75, 3.05) is 0 Å². The SMILES string of the molecule is Cc1c(F)cc(F)cc1F.Cc1c(F)cccc1F.Cc1cc(C)c(C)c(C)c1.Cc1cc(C)cc(C)c1.Cc1cc(F)cc(F)c1.Cc1ccc(F)cc1.Cc1ccc(F)cc1F.Cc1cccc(F)c1.Cc1ccccc1C#N.Cc1ccccc1F. The Balaban J connectivity index is 0.000000495. The fourth-order valence-electron chi connectivity index (χ4n) is 7.30. The van der Waals surface area contributed by atoms with Gasteiger partial charge in [0.2, 0.25) is 0 Å². The van der Waals surface area contributed by atoms with E-state index in [1.165, 1.54) is 126 Å². The summed E-state index contributed by atoms with van der Waals surface area (Å²) in [7, 11) is 0. The largest absolute Gasteiger partial charge is 0.207 e. The van der Waals surface area contributed by atoms with Gasteiger partial charge in [0.1, 0.15) is 69.8 Å². The molecular formula is C76H77F12N. The van der Waals surface area contributed by atoms with Gasteiger partial charge >= 0.3 is 0 Å². The zero-order chi connectivity index (χ0) is 67.5. The lowest BCUT2D eigenvalue weighted by Gasteiger charge is -2.04. The molecule has 0 saturated carbocycles. The van der Waals surface area contributed by atoms with E-state index in [9.17, 15) is 52.7 Å². The second-order valence-electron chi connectivity index (χ2n) is 20.6. The van der Waals surface area contributed by atoms with Gasteiger partial charge in [-0.15, -0.1) is 0 Å². The van der Waals surface area contributed by atoms with Gasteiger partial charge in [0.15, 0.2) is 0 Å². The van der Waals surface area contributed by atoms with Gasteiger partial charge in [-0.3, -0.25) is 0 Å². The Morgan fingerprint density at radius 2 is 0.573 bits per heavy atom. The molecule has 0 atom stereocenters. The van der Waals surface area contributed by atoms with Gasteiger partial charge in [0.25, 0.3) is 0 Å². The molecule has 13 heteroatoms. The van der Waals surface area contributed by atoms with Gasteiger partial charge in [-0.2, -0.15) is 5.26 Å². The topological polar surface area (TPSA) is 23.8 Å². The Labute approximate surface area is 518 Å². The molecule has 0 aliphatic rings. The standard InChI is InChI=1S/C10H14.C9H12.C8H7N.C7H5F3.3C7H6F2.3C7H7F/c1-7-5-8(2)10(4)9(3)6-7;1-7-4-8(2)6-9(3)5-7;1-7-4-2-3-5-8(7)6-9;1-4-6(9)2-5(8)3-7(4)10;1-5-2-6(8)4-7(9)3-5;1-5-2-3-6(8)4-7(5)9;1-5-6(8)3-2-4-7(5)9;1-6-2-4-7(8)5-3-6;1-6-3-2-4-7(8)5-6;1-6-4-2-3-5-7(6)8/h5-6H,1-4H3;4-6H,1-3H3;2-5H,1H3;2-3H,1H3;3*2-4H,1H3;3*2-5H,1H3. The van der Waals surface area contributed by atoms with Crippen LogP contribution in [0.15, 0.2) is 194 Å². The summed E-state index contributed by atoms with van der Waals surface area (Å²) >= 11 is 0. The molecule has 470 valence electrons. The van der Waals surface area contributed by atoms with Crippen LogP contribution in [-0.4, -0.2) is 0 Å². The van der Waals surface area contributed by atoms with Gasteiger partial charge in [0.05, 0.1) is 11.6 Å². The van der Waals surface area contributed by atoms with E-state index in [0.717, 1.165) is 34.4 Å². The number of hydrogen-bond donors (Lipinski definition) is 0. The smallest absolute Gasteiger partial charge is 0.131 e. The number of rotatable bonds is 0. The molecule has 0 fully saturated rings. The minimum absolute atomic E-state index is 0.0810. The summed E-state index contributed by atoms with van der Waals surface area (Å²) in [6.45, 7) is 28.4. The summed E-state index contributed by atoms with van der Waals surface area (Å²) < 4.78 is 147. The lowest BCUT2D eigenvalue weighted by Crippen LogP contribution is -1.89. The fraction of sp³-hybridized carbons (Fsp3) is 0.197. The van der Waals surface area contributed by atoms with Crippen LogP contribution >= 0.6 is 0 Å². The second kappa shape index (κ2) is 41.1. The first kappa shape index (κ1) is 77.9. The van der Waals surface area contributed by atoms with Crippen molar-refractivity contribution in [3.8, 4) is 6.07 Å². The lowest BCUT2D eigenvalue weighted by molar-refractivity contribution is 0.532. The Bertz CT molecular complexity index is 3460. The first-order valence-electron chi connectivity index (χ1n) is 27.8. The molecule has 0 radical (unpaired) electrons. The Morgan fingerprint density at radius 1 is 0.213 bits per heavy atom. The highest BCUT2D eigenvalue weighted by Gasteiger charge is 2.06. The molecule has 0 spiro atoms. The third-order valence-electron chi connectivity index (χ3n) is 12.4. The Hall–Kier alpha value is -9.15. The number of aryl methyl sites for hydroxylation is 12. The highest BCUT2D eigenvalue weighted by atomic mass is 19.2. The van der Waals surface area contributed by atoms with Crippen molar-refractivity contribution in [1.82, 2.24) is 0 Å². The molecule has 10 aromatic rings. The molecule has 0 aliphatic heterocycles. The van der Waals surface area contributed by atoms with Crippen LogP contribution in [-0.2, 0) is 0 Å². The summed E-state index contributed by atoms with van der Waals surface area (Å²) in [5.74, 6) is -6.10. The average molecular weight is 1230 g/mol. The Morgan fingerprint density at radius 3 is 0.933 bits per heavy atom. The molecule has 0 bridgehead atoms. The van der Waals surface area contributed by atoms with E-state index in [4.69, 9.17) is 5.26 Å². The highest BCUT2D eigenvalue weighted by molar-refractivity contribution is 5.37. The molecular weight excluding hydrogens is 1150 g/mol. The number of benzene rings is 10. The zero-order valence-electron chi connectivity index (χ0n) is 53.0. The van der Waals surface area contributed by atoms with Crippen LogP contribution in [0.2, 0.25) is 0 Å². The summed E-state index contributed by atoms with van der Waals surface area (Å²) in [5, 5.41) is 8.47. The van der Waals surface area contributed by atoms with Crippen LogP contribution in [0.3, 0.4) is 0 Å². The maximum atomic E-state index is 12.4. The van der Waals surface area contributed by atoms with Crippen molar-refractivity contribution < 1.29 is 52.7 Å². The maximum Gasteiger partial charge on any atom is 0.131 e. The molecule has 0 amide bonds. The van der Waals surface area contributed by atoms with Gasteiger partial charge in [-0.1, -0.05) is 131 Å². The lowest BCUT2D eigenvalue weighted by atomic mass is 10.0. The van der Waals surface area contributed by atoms with E-state index in [1.807, 2.05) is 57.2 Å². The molecule has 10 aromatic carbocycles. The average Bonchev–Trinajstić information content (AvgIpc) is 3.61. The number of nitriles is 1. The van der Waals surface area contributed by atoms with Crippen LogP contribution in [0.25, 0.3) is 0 Å². The molecule has 1 nitrogen and oxygen atoms in total. The molecule has 0 aliphatic carbocycles. The van der Waals surface area contributed by atoms with E-state index < -0.39 is 52.4 Å². The second-order valence-corrected chi connectivity index (χ2v) is 20.6. The number of hydrogen-bond acceptors (Lipinski definition) is 1. The van der Waals surface area contributed by atoms with E-state index >= 15 is 0 Å². The molecule has 0 aromatic heterocycles. The van der Waals surface area contributed by atoms with Crippen LogP contribution in [0.4, 0.5) is 52.7 Å². The van der Waals surface area contributed by atoms with Crippen LogP contribution in [0.5, 0.6) is 0 Å². The third-order valence-corrected chi connectivity index (χ3v) is 12.4. The normalized spacial score (nSPS) is 9.51. The van der Waals surface area contributed by atoms with Gasteiger partial charge in [-0.05, 0) is 215 Å². The van der Waals surface area contributed by atoms with Crippen LogP contribution < -0.4 is 0 Å². The van der Waals surface area contributed by atoms with Gasteiger partial charge in [0, 0.05) is 35.4 Å². The predicted octanol–water partition coefficient (Wildman–Crippen LogP) is 23.0. The van der Waals surface area contributed by atoms with Gasteiger partial charge < -0.3 is 0 Å². The highest BCUT2D eigenvalue weighted by Crippen LogP contribution is 2.16. The minimum Gasteiger partial charge on any atom is -0.207 e. The zero-order valence-corrected chi connectivity index (χ0v) is 53.0. The molecule has 0 unspecified atom stereocenters. The summed E-state index contributed by atoms with van der Waals surface area (Å²) in [6.07, 6.45) is 0. The van der Waals surface area contributed by atoms with Crippen LogP contribution in [0.1, 0.15) is 89.0 Å². The minimum atomic E-state index is -0.888. The summed E-state index contributed by atoms with van der Waals surface area (Å²) in [4.78, 5) is 0. The molecule has 0 heterocycles. The van der Waals surface area contributed by atoms with Crippen molar-refractivity contribution >= 4 is 0 Å². The molecule has 0 N–H and O–H groups in total. The summed E-state index contributed by atoms with van der Waals surface area (Å²) in [6, 6.07) is 52.3. The first-order valence-corrected chi connectivity index (χ1v) is 27.8. The van der Waals surface area contributed by atoms with Crippen molar-refractivity contribution in [3.05, 3.63) is 353 Å². The number of nitrogens with zero attached hydrogens (tertiary/aromatic N) is 1. The first-order chi connectivity index (χ1) is 41.7. The van der Waals surface area contributed by atoms with Crippen molar-refractivity contribution in [2.45, 2.75) is 104 Å². The quantitative estimate of drug-likeness (QED) is 0.139. The maximum absolute atomic E-state index is 12.4. The van der Waals surface area contributed by atoms with E-state index in [2.05, 4.69) is 84.9 Å². The van der Waals surface area contributed by atoms with E-state index in [0.29, 0.717) is 28.8 Å². The Kier molecular flexibility index (Phi) is 35.9. The van der Waals surface area contributed by atoms with Crippen molar-refractivity contribution in [2.24, 2.45) is 0 Å². The van der Waals surface area contributed by atoms with E-state index in [-0.39, 0.29) is 28.6 Å². The third kappa shape index (κ3) is 33.5. The van der Waals surface area contributed by atoms with Crippen LogP contribution in [0, 0.1) is 185 Å². The molecule has 0 saturated heterocycles.